The summed E-state index contributed by atoms with van der Waals surface area (Å²) in [7, 11) is 0. The summed E-state index contributed by atoms with van der Waals surface area (Å²) >= 11 is 3.44. The van der Waals surface area contributed by atoms with Crippen LogP contribution in [0, 0.1) is 13.8 Å². The van der Waals surface area contributed by atoms with Gasteiger partial charge in [0.2, 0.25) is 0 Å². The normalized spacial score (nSPS) is 11.4. The molecule has 0 unspecified atom stereocenters. The van der Waals surface area contributed by atoms with Gasteiger partial charge in [0.15, 0.2) is 0 Å². The van der Waals surface area contributed by atoms with Gasteiger partial charge < -0.3 is 0 Å². The SMILES string of the molecule is Cc1nn(CC(=O)N/N=C/c2ccc(C(C)C)cc2)c(C)c1Br. The summed E-state index contributed by atoms with van der Waals surface area (Å²) in [5, 5.41) is 8.29. The first-order chi connectivity index (χ1) is 10.9. The van der Waals surface area contributed by atoms with Crippen molar-refractivity contribution in [2.45, 2.75) is 40.2 Å². The minimum absolute atomic E-state index is 0.141. The highest BCUT2D eigenvalue weighted by molar-refractivity contribution is 9.10. The van der Waals surface area contributed by atoms with Crippen molar-refractivity contribution in [3.63, 3.8) is 0 Å². The Balaban J connectivity index is 1.92. The predicted octanol–water partition coefficient (Wildman–Crippen LogP) is 3.54. The van der Waals surface area contributed by atoms with Crippen molar-refractivity contribution in [3.05, 3.63) is 51.3 Å². The highest BCUT2D eigenvalue weighted by Gasteiger charge is 2.11. The number of aromatic nitrogens is 2. The molecule has 1 aromatic heterocycles. The summed E-state index contributed by atoms with van der Waals surface area (Å²) in [6.07, 6.45) is 1.64. The minimum Gasteiger partial charge on any atom is -0.271 e. The first kappa shape index (κ1) is 17.4. The van der Waals surface area contributed by atoms with E-state index in [9.17, 15) is 4.79 Å². The molecule has 5 nitrogen and oxygen atoms in total. The van der Waals surface area contributed by atoms with Gasteiger partial charge >= 0.3 is 0 Å². The van der Waals surface area contributed by atoms with E-state index in [1.807, 2.05) is 26.0 Å². The quantitative estimate of drug-likeness (QED) is 0.640. The maximum absolute atomic E-state index is 11.9. The highest BCUT2D eigenvalue weighted by atomic mass is 79.9. The first-order valence-electron chi connectivity index (χ1n) is 7.50. The zero-order chi connectivity index (χ0) is 17.0. The summed E-state index contributed by atoms with van der Waals surface area (Å²) in [5.41, 5.74) is 6.54. The van der Waals surface area contributed by atoms with Gasteiger partial charge in [-0.3, -0.25) is 9.48 Å². The van der Waals surface area contributed by atoms with E-state index in [0.717, 1.165) is 21.4 Å². The van der Waals surface area contributed by atoms with Crippen LogP contribution in [0.2, 0.25) is 0 Å². The molecule has 0 aliphatic carbocycles. The molecule has 1 amide bonds. The monoisotopic (exact) mass is 376 g/mol. The lowest BCUT2D eigenvalue weighted by Gasteiger charge is -2.05. The van der Waals surface area contributed by atoms with Gasteiger partial charge in [0.25, 0.3) is 5.91 Å². The fourth-order valence-electron chi connectivity index (χ4n) is 2.15. The van der Waals surface area contributed by atoms with Crippen molar-refractivity contribution >= 4 is 28.1 Å². The lowest BCUT2D eigenvalue weighted by Crippen LogP contribution is -2.24. The molecule has 0 bridgehead atoms. The number of hydrogen-bond donors (Lipinski definition) is 1. The Morgan fingerprint density at radius 3 is 2.52 bits per heavy atom. The van der Waals surface area contributed by atoms with Crippen molar-refractivity contribution < 1.29 is 4.79 Å². The van der Waals surface area contributed by atoms with Crippen LogP contribution in [0.15, 0.2) is 33.8 Å². The average molecular weight is 377 g/mol. The van der Waals surface area contributed by atoms with Gasteiger partial charge in [0, 0.05) is 0 Å². The maximum Gasteiger partial charge on any atom is 0.261 e. The molecule has 0 saturated carbocycles. The molecular formula is C17H21BrN4O. The number of hydrazone groups is 1. The zero-order valence-corrected chi connectivity index (χ0v) is 15.4. The number of nitrogens with zero attached hydrogens (tertiary/aromatic N) is 3. The van der Waals surface area contributed by atoms with Gasteiger partial charge in [-0.25, -0.2) is 5.43 Å². The van der Waals surface area contributed by atoms with Crippen LogP contribution in [0.3, 0.4) is 0 Å². The van der Waals surface area contributed by atoms with E-state index in [2.05, 4.69) is 57.5 Å². The van der Waals surface area contributed by atoms with Crippen LogP contribution < -0.4 is 5.43 Å². The zero-order valence-electron chi connectivity index (χ0n) is 13.8. The fraction of sp³-hybridized carbons (Fsp3) is 0.353. The molecule has 6 heteroatoms. The van der Waals surface area contributed by atoms with Gasteiger partial charge in [-0.15, -0.1) is 0 Å². The van der Waals surface area contributed by atoms with Crippen molar-refractivity contribution in [3.8, 4) is 0 Å². The van der Waals surface area contributed by atoms with E-state index in [1.54, 1.807) is 10.9 Å². The summed E-state index contributed by atoms with van der Waals surface area (Å²) in [5.74, 6) is 0.291. The lowest BCUT2D eigenvalue weighted by molar-refractivity contribution is -0.121. The van der Waals surface area contributed by atoms with E-state index in [4.69, 9.17) is 0 Å². The smallest absolute Gasteiger partial charge is 0.261 e. The molecule has 0 radical (unpaired) electrons. The fourth-order valence-corrected chi connectivity index (χ4v) is 2.43. The molecule has 0 aliphatic heterocycles. The number of nitrogens with one attached hydrogen (secondary N) is 1. The van der Waals surface area contributed by atoms with Crippen molar-refractivity contribution in [1.29, 1.82) is 0 Å². The topological polar surface area (TPSA) is 59.3 Å². The second kappa shape index (κ2) is 7.55. The number of carbonyl (C=O) groups excluding carboxylic acids is 1. The molecule has 0 saturated heterocycles. The Hall–Kier alpha value is -1.95. The lowest BCUT2D eigenvalue weighted by atomic mass is 10.0. The summed E-state index contributed by atoms with van der Waals surface area (Å²) in [6, 6.07) is 8.12. The van der Waals surface area contributed by atoms with Crippen LogP contribution in [-0.2, 0) is 11.3 Å². The van der Waals surface area contributed by atoms with E-state index in [-0.39, 0.29) is 12.5 Å². The van der Waals surface area contributed by atoms with Gasteiger partial charge in [0.1, 0.15) is 6.54 Å². The number of hydrogen-bond acceptors (Lipinski definition) is 3. The van der Waals surface area contributed by atoms with E-state index in [0.29, 0.717) is 5.92 Å². The molecule has 2 aromatic rings. The third-order valence-corrected chi connectivity index (χ3v) is 4.74. The summed E-state index contributed by atoms with van der Waals surface area (Å²) in [6.45, 7) is 8.25. The Labute approximate surface area is 144 Å². The van der Waals surface area contributed by atoms with Gasteiger partial charge in [-0.2, -0.15) is 10.2 Å². The van der Waals surface area contributed by atoms with Crippen molar-refractivity contribution in [2.24, 2.45) is 5.10 Å². The molecule has 1 heterocycles. The van der Waals surface area contributed by atoms with Crippen LogP contribution in [0.25, 0.3) is 0 Å². The number of carbonyl (C=O) groups is 1. The third kappa shape index (κ3) is 4.51. The molecule has 0 atom stereocenters. The van der Waals surface area contributed by atoms with Crippen LogP contribution in [-0.4, -0.2) is 21.9 Å². The number of rotatable bonds is 5. The molecule has 122 valence electrons. The largest absolute Gasteiger partial charge is 0.271 e. The molecule has 1 N–H and O–H groups in total. The Bertz CT molecular complexity index is 717. The summed E-state index contributed by atoms with van der Waals surface area (Å²) in [4.78, 5) is 11.9. The van der Waals surface area contributed by atoms with Crippen LogP contribution >= 0.6 is 15.9 Å². The molecule has 1 aromatic carbocycles. The summed E-state index contributed by atoms with van der Waals surface area (Å²) < 4.78 is 2.58. The Morgan fingerprint density at radius 2 is 2.00 bits per heavy atom. The molecule has 0 fully saturated rings. The molecule has 0 spiro atoms. The Kier molecular flexibility index (Phi) is 5.71. The van der Waals surface area contributed by atoms with Gasteiger partial charge in [0.05, 0.1) is 22.1 Å². The average Bonchev–Trinajstić information content (AvgIpc) is 2.75. The van der Waals surface area contributed by atoms with Gasteiger partial charge in [-0.1, -0.05) is 38.1 Å². The first-order valence-corrected chi connectivity index (χ1v) is 8.29. The molecule has 0 aliphatic rings. The standard InChI is InChI=1S/C17H21BrN4O/c1-11(2)15-7-5-14(6-8-15)9-19-20-16(23)10-22-13(4)17(18)12(3)21-22/h5-9,11H,10H2,1-4H3,(H,20,23)/b19-9+. The molecular weight excluding hydrogens is 356 g/mol. The van der Waals surface area contributed by atoms with E-state index >= 15 is 0 Å². The van der Waals surface area contributed by atoms with Crippen LogP contribution in [0.1, 0.15) is 42.3 Å². The number of aryl methyl sites for hydroxylation is 1. The number of halogens is 1. The number of benzene rings is 1. The second-order valence-corrected chi connectivity index (χ2v) is 6.55. The third-order valence-electron chi connectivity index (χ3n) is 3.59. The molecule has 23 heavy (non-hydrogen) atoms. The Morgan fingerprint density at radius 1 is 1.35 bits per heavy atom. The number of amides is 1. The second-order valence-electron chi connectivity index (χ2n) is 5.76. The highest BCUT2D eigenvalue weighted by Crippen LogP contribution is 2.19. The molecule has 2 rings (SSSR count). The minimum atomic E-state index is -0.210. The van der Waals surface area contributed by atoms with E-state index < -0.39 is 0 Å². The van der Waals surface area contributed by atoms with Gasteiger partial charge in [-0.05, 0) is 46.8 Å². The van der Waals surface area contributed by atoms with E-state index in [1.165, 1.54) is 5.56 Å². The predicted molar refractivity (Wildman–Crippen MR) is 95.7 cm³/mol. The maximum atomic E-state index is 11.9. The van der Waals surface area contributed by atoms with Crippen molar-refractivity contribution in [2.75, 3.05) is 0 Å². The van der Waals surface area contributed by atoms with Crippen molar-refractivity contribution in [1.82, 2.24) is 15.2 Å². The van der Waals surface area contributed by atoms with Crippen LogP contribution in [0.4, 0.5) is 0 Å². The van der Waals surface area contributed by atoms with Crippen LogP contribution in [0.5, 0.6) is 0 Å².